The van der Waals surface area contributed by atoms with Crippen LogP contribution in [-0.4, -0.2) is 19.1 Å². The van der Waals surface area contributed by atoms with Crippen molar-refractivity contribution in [2.45, 2.75) is 0 Å². The van der Waals surface area contributed by atoms with Gasteiger partial charge >= 0.3 is 0 Å². The van der Waals surface area contributed by atoms with Crippen LogP contribution in [0.4, 0.5) is 11.4 Å². The van der Waals surface area contributed by atoms with Crippen LogP contribution < -0.4 is 10.6 Å². The molecule has 0 amide bonds. The molecule has 2 N–H and O–H groups in total. The van der Waals surface area contributed by atoms with Gasteiger partial charge in [0.2, 0.25) is 0 Å². The minimum Gasteiger partial charge on any atom is -0.396 e. The van der Waals surface area contributed by atoms with Gasteiger partial charge in [-0.3, -0.25) is 0 Å². The molecule has 21 heavy (non-hydrogen) atoms. The van der Waals surface area contributed by atoms with Gasteiger partial charge in [0.25, 0.3) is 0 Å². The van der Waals surface area contributed by atoms with Crippen molar-refractivity contribution in [2.24, 2.45) is 0 Å². The molecule has 0 fully saturated rings. The maximum Gasteiger partial charge on any atom is 0.130 e. The van der Waals surface area contributed by atoms with Gasteiger partial charge in [-0.15, -0.1) is 11.3 Å². The van der Waals surface area contributed by atoms with Crippen molar-refractivity contribution in [3.63, 3.8) is 0 Å². The van der Waals surface area contributed by atoms with Crippen LogP contribution in [0.25, 0.3) is 21.5 Å². The fourth-order valence-electron chi connectivity index (χ4n) is 2.17. The maximum atomic E-state index is 9.04. The number of nitrogen functional groups attached to an aromatic ring is 1. The summed E-state index contributed by atoms with van der Waals surface area (Å²) in [5, 5.41) is 9.89. The second kappa shape index (κ2) is 5.08. The molecule has 4 nitrogen and oxygen atoms in total. The first-order valence-electron chi connectivity index (χ1n) is 6.47. The van der Waals surface area contributed by atoms with E-state index in [1.165, 1.54) is 11.3 Å². The van der Waals surface area contributed by atoms with Crippen LogP contribution in [-0.2, 0) is 0 Å². The summed E-state index contributed by atoms with van der Waals surface area (Å²) >= 11 is 1.34. The lowest BCUT2D eigenvalue weighted by Gasteiger charge is -2.12. The average molecular weight is 294 g/mol. The number of rotatable bonds is 2. The van der Waals surface area contributed by atoms with Crippen LogP contribution >= 0.6 is 11.3 Å². The van der Waals surface area contributed by atoms with Crippen LogP contribution in [0, 0.1) is 11.3 Å². The van der Waals surface area contributed by atoms with E-state index in [0.717, 1.165) is 27.2 Å². The fraction of sp³-hybridized carbons (Fsp3) is 0.125. The minimum absolute atomic E-state index is 0.526. The van der Waals surface area contributed by atoms with E-state index in [9.17, 15) is 0 Å². The van der Waals surface area contributed by atoms with Crippen molar-refractivity contribution < 1.29 is 0 Å². The first-order chi connectivity index (χ1) is 10.1. The number of fused-ring (bicyclic) bond motifs is 1. The standard InChI is InChI=1S/C16H14N4S/c1-20(2)11-5-3-10(4-6-11)13-8-7-12-15(18)14(9-17)21-16(12)19-13/h3-8H,18H2,1-2H3. The molecule has 0 aliphatic rings. The number of pyridine rings is 1. The second-order valence-electron chi connectivity index (χ2n) is 4.95. The Morgan fingerprint density at radius 2 is 1.86 bits per heavy atom. The number of thiophene rings is 1. The Morgan fingerprint density at radius 3 is 2.48 bits per heavy atom. The second-order valence-corrected chi connectivity index (χ2v) is 5.95. The highest BCUT2D eigenvalue weighted by atomic mass is 32.1. The molecule has 3 rings (SSSR count). The van der Waals surface area contributed by atoms with Gasteiger partial charge in [-0.25, -0.2) is 4.98 Å². The van der Waals surface area contributed by atoms with Crippen molar-refractivity contribution in [2.75, 3.05) is 24.7 Å². The van der Waals surface area contributed by atoms with Crippen LogP contribution in [0.3, 0.4) is 0 Å². The number of nitrogens with two attached hydrogens (primary N) is 1. The quantitative estimate of drug-likeness (QED) is 0.785. The zero-order valence-electron chi connectivity index (χ0n) is 11.8. The Bertz CT molecular complexity index is 841. The average Bonchev–Trinajstić information content (AvgIpc) is 2.83. The molecule has 0 saturated heterocycles. The van der Waals surface area contributed by atoms with Crippen molar-refractivity contribution in [3.8, 4) is 17.3 Å². The predicted molar refractivity (Wildman–Crippen MR) is 88.5 cm³/mol. The van der Waals surface area contributed by atoms with E-state index in [1.807, 2.05) is 38.4 Å². The normalized spacial score (nSPS) is 10.5. The molecule has 0 aliphatic heterocycles. The summed E-state index contributed by atoms with van der Waals surface area (Å²) in [6.07, 6.45) is 0. The molecule has 0 saturated carbocycles. The highest BCUT2D eigenvalue weighted by Gasteiger charge is 2.11. The van der Waals surface area contributed by atoms with E-state index < -0.39 is 0 Å². The zero-order valence-corrected chi connectivity index (χ0v) is 12.6. The van der Waals surface area contributed by atoms with Crippen LogP contribution in [0.2, 0.25) is 0 Å². The summed E-state index contributed by atoms with van der Waals surface area (Å²) in [6, 6.07) is 14.2. The largest absolute Gasteiger partial charge is 0.396 e. The van der Waals surface area contributed by atoms with Gasteiger partial charge in [-0.2, -0.15) is 5.26 Å². The molecule has 0 unspecified atom stereocenters. The Morgan fingerprint density at radius 1 is 1.14 bits per heavy atom. The van der Waals surface area contributed by atoms with Gasteiger partial charge in [0.15, 0.2) is 0 Å². The molecule has 0 aliphatic carbocycles. The molecule has 0 atom stereocenters. The van der Waals surface area contributed by atoms with Crippen molar-refractivity contribution in [1.82, 2.24) is 4.98 Å². The highest BCUT2D eigenvalue weighted by Crippen LogP contribution is 2.33. The lowest BCUT2D eigenvalue weighted by molar-refractivity contribution is 1.13. The molecular weight excluding hydrogens is 280 g/mol. The number of hydrogen-bond acceptors (Lipinski definition) is 5. The summed E-state index contributed by atoms with van der Waals surface area (Å²) in [7, 11) is 4.02. The monoisotopic (exact) mass is 294 g/mol. The molecular formula is C16H14N4S. The SMILES string of the molecule is CN(C)c1ccc(-c2ccc3c(N)c(C#N)sc3n2)cc1. The molecule has 0 radical (unpaired) electrons. The van der Waals surface area contributed by atoms with Gasteiger partial charge < -0.3 is 10.6 Å². The zero-order chi connectivity index (χ0) is 15.0. The Kier molecular flexibility index (Phi) is 3.24. The summed E-state index contributed by atoms with van der Waals surface area (Å²) < 4.78 is 0. The summed E-state index contributed by atoms with van der Waals surface area (Å²) in [5.74, 6) is 0. The smallest absolute Gasteiger partial charge is 0.130 e. The molecule has 0 bridgehead atoms. The maximum absolute atomic E-state index is 9.04. The van der Waals surface area contributed by atoms with E-state index in [0.29, 0.717) is 10.6 Å². The lowest BCUT2D eigenvalue weighted by Crippen LogP contribution is -2.07. The van der Waals surface area contributed by atoms with Crippen LogP contribution in [0.15, 0.2) is 36.4 Å². The van der Waals surface area contributed by atoms with E-state index in [-0.39, 0.29) is 0 Å². The molecule has 104 valence electrons. The van der Waals surface area contributed by atoms with Crippen molar-refractivity contribution in [3.05, 3.63) is 41.3 Å². The third kappa shape index (κ3) is 2.30. The number of nitrogens with zero attached hydrogens (tertiary/aromatic N) is 3. The Balaban J connectivity index is 2.07. The Hall–Kier alpha value is -2.58. The van der Waals surface area contributed by atoms with E-state index in [4.69, 9.17) is 11.0 Å². The van der Waals surface area contributed by atoms with Crippen molar-refractivity contribution >= 4 is 32.9 Å². The number of aromatic nitrogens is 1. The molecule has 1 aromatic carbocycles. The highest BCUT2D eigenvalue weighted by molar-refractivity contribution is 7.19. The first kappa shape index (κ1) is 13.4. The topological polar surface area (TPSA) is 65.9 Å². The summed E-state index contributed by atoms with van der Waals surface area (Å²) in [6.45, 7) is 0. The van der Waals surface area contributed by atoms with E-state index in [2.05, 4.69) is 28.1 Å². The van der Waals surface area contributed by atoms with Gasteiger partial charge in [0.05, 0.1) is 11.4 Å². The van der Waals surface area contributed by atoms with Gasteiger partial charge in [0, 0.05) is 30.7 Å². The van der Waals surface area contributed by atoms with Gasteiger partial charge in [0.1, 0.15) is 15.8 Å². The third-order valence-electron chi connectivity index (χ3n) is 3.37. The van der Waals surface area contributed by atoms with E-state index >= 15 is 0 Å². The fourth-order valence-corrected chi connectivity index (χ4v) is 3.06. The molecule has 2 heterocycles. The Labute approximate surface area is 127 Å². The van der Waals surface area contributed by atoms with Crippen LogP contribution in [0.1, 0.15) is 4.88 Å². The molecule has 5 heteroatoms. The minimum atomic E-state index is 0.526. The van der Waals surface area contributed by atoms with Crippen LogP contribution in [0.5, 0.6) is 0 Å². The molecule has 0 spiro atoms. The number of benzene rings is 1. The first-order valence-corrected chi connectivity index (χ1v) is 7.28. The third-order valence-corrected chi connectivity index (χ3v) is 4.39. The number of nitriles is 1. The summed E-state index contributed by atoms with van der Waals surface area (Å²) in [5.41, 5.74) is 9.54. The molecule has 3 aromatic rings. The van der Waals surface area contributed by atoms with Gasteiger partial charge in [-0.1, -0.05) is 12.1 Å². The summed E-state index contributed by atoms with van der Waals surface area (Å²) in [4.78, 5) is 8.01. The number of hydrogen-bond donors (Lipinski definition) is 1. The lowest BCUT2D eigenvalue weighted by atomic mass is 10.1. The number of anilines is 2. The van der Waals surface area contributed by atoms with Crippen molar-refractivity contribution in [1.29, 1.82) is 5.26 Å². The predicted octanol–water partition coefficient (Wildman–Crippen LogP) is 3.48. The molecule has 2 aromatic heterocycles. The van der Waals surface area contributed by atoms with E-state index in [1.54, 1.807) is 0 Å². The van der Waals surface area contributed by atoms with Gasteiger partial charge in [-0.05, 0) is 24.3 Å².